The zero-order chi connectivity index (χ0) is 11.0. The third-order valence-electron chi connectivity index (χ3n) is 2.25. The number of H-pyrrole nitrogens is 1. The number of nitrogen functional groups attached to an aromatic ring is 1. The van der Waals surface area contributed by atoms with Gasteiger partial charge >= 0.3 is 0 Å². The maximum absolute atomic E-state index is 12.8. The van der Waals surface area contributed by atoms with Crippen LogP contribution in [-0.4, -0.2) is 10.2 Å². The second-order valence-corrected chi connectivity index (χ2v) is 3.64. The largest absolute Gasteiger partial charge is 0.382 e. The van der Waals surface area contributed by atoms with E-state index in [9.17, 15) is 4.39 Å². The molecule has 3 nitrogen and oxygen atoms in total. The number of rotatable bonds is 1. The number of nitrogens with zero attached hydrogens (tertiary/aromatic N) is 1. The number of benzene rings is 1. The van der Waals surface area contributed by atoms with Crippen molar-refractivity contribution in [2.75, 3.05) is 5.73 Å². The Morgan fingerprint density at radius 1 is 1.47 bits per heavy atom. The average Bonchev–Trinajstić information content (AvgIpc) is 2.49. The topological polar surface area (TPSA) is 54.7 Å². The van der Waals surface area contributed by atoms with Gasteiger partial charge in [-0.25, -0.2) is 4.39 Å². The van der Waals surface area contributed by atoms with Crippen LogP contribution >= 0.6 is 11.6 Å². The summed E-state index contributed by atoms with van der Waals surface area (Å²) >= 11 is 5.92. The first-order chi connectivity index (χ1) is 7.09. The first kappa shape index (κ1) is 9.98. The molecule has 0 saturated carbocycles. The maximum Gasteiger partial charge on any atom is 0.148 e. The fourth-order valence-corrected chi connectivity index (χ4v) is 1.63. The Balaban J connectivity index is 2.59. The molecule has 0 atom stereocenters. The second-order valence-electron chi connectivity index (χ2n) is 3.23. The van der Waals surface area contributed by atoms with Crippen molar-refractivity contribution in [3.63, 3.8) is 0 Å². The van der Waals surface area contributed by atoms with Crippen molar-refractivity contribution in [3.05, 3.63) is 34.6 Å². The van der Waals surface area contributed by atoms with E-state index in [1.807, 2.05) is 6.92 Å². The van der Waals surface area contributed by atoms with Crippen LogP contribution in [0.3, 0.4) is 0 Å². The fraction of sp³-hybridized carbons (Fsp3) is 0.100. The number of aromatic amines is 1. The van der Waals surface area contributed by atoms with Crippen molar-refractivity contribution < 1.29 is 4.39 Å². The molecule has 0 aliphatic heterocycles. The molecule has 0 bridgehead atoms. The van der Waals surface area contributed by atoms with Crippen LogP contribution in [0.5, 0.6) is 0 Å². The monoisotopic (exact) mass is 225 g/mol. The summed E-state index contributed by atoms with van der Waals surface area (Å²) in [6.07, 6.45) is 0. The fourth-order valence-electron chi connectivity index (χ4n) is 1.37. The van der Waals surface area contributed by atoms with Gasteiger partial charge in [-0.2, -0.15) is 5.10 Å². The van der Waals surface area contributed by atoms with Crippen LogP contribution in [-0.2, 0) is 0 Å². The van der Waals surface area contributed by atoms with Crippen molar-refractivity contribution in [3.8, 4) is 11.3 Å². The summed E-state index contributed by atoms with van der Waals surface area (Å²) in [6.45, 7) is 1.83. The van der Waals surface area contributed by atoms with Crippen molar-refractivity contribution >= 4 is 17.4 Å². The third-order valence-corrected chi connectivity index (χ3v) is 2.56. The summed E-state index contributed by atoms with van der Waals surface area (Å²) in [7, 11) is 0. The maximum atomic E-state index is 12.8. The Bertz CT molecular complexity index is 507. The standard InChI is InChI=1S/C10H9ClFN3/c1-5-9(14-15-10(5)13)7-3-2-6(12)4-8(7)11/h2-4H,1H3,(H3,13,14,15). The number of hydrogen-bond donors (Lipinski definition) is 2. The van der Waals surface area contributed by atoms with Crippen LogP contribution in [0.4, 0.5) is 10.2 Å². The summed E-state index contributed by atoms with van der Waals surface area (Å²) in [5.74, 6) is 0.0549. The Kier molecular flexibility index (Phi) is 2.36. The molecule has 1 heterocycles. The molecule has 0 fully saturated rings. The molecule has 1 aromatic heterocycles. The zero-order valence-corrected chi connectivity index (χ0v) is 8.77. The first-order valence-electron chi connectivity index (χ1n) is 4.35. The minimum absolute atomic E-state index is 0.335. The minimum Gasteiger partial charge on any atom is -0.382 e. The van der Waals surface area contributed by atoms with Crippen LogP contribution in [0.1, 0.15) is 5.56 Å². The Morgan fingerprint density at radius 3 is 2.73 bits per heavy atom. The van der Waals surface area contributed by atoms with E-state index in [1.165, 1.54) is 12.1 Å². The van der Waals surface area contributed by atoms with Gasteiger partial charge in [0, 0.05) is 11.1 Å². The van der Waals surface area contributed by atoms with Crippen molar-refractivity contribution in [2.45, 2.75) is 6.92 Å². The smallest absolute Gasteiger partial charge is 0.148 e. The van der Waals surface area contributed by atoms with Crippen molar-refractivity contribution in [1.82, 2.24) is 10.2 Å². The van der Waals surface area contributed by atoms with E-state index in [1.54, 1.807) is 6.07 Å². The number of anilines is 1. The molecular weight excluding hydrogens is 217 g/mol. The molecule has 2 rings (SSSR count). The molecule has 0 amide bonds. The van der Waals surface area contributed by atoms with Crippen LogP contribution in [0.15, 0.2) is 18.2 Å². The predicted octanol–water partition coefficient (Wildman–Crippen LogP) is 2.76. The summed E-state index contributed by atoms with van der Waals surface area (Å²) < 4.78 is 12.8. The van der Waals surface area contributed by atoms with E-state index in [-0.39, 0.29) is 5.82 Å². The van der Waals surface area contributed by atoms with Crippen LogP contribution in [0.25, 0.3) is 11.3 Å². The molecule has 0 radical (unpaired) electrons. The lowest BCUT2D eigenvalue weighted by Gasteiger charge is -2.02. The summed E-state index contributed by atoms with van der Waals surface area (Å²) in [4.78, 5) is 0. The molecule has 1 aromatic carbocycles. The lowest BCUT2D eigenvalue weighted by molar-refractivity contribution is 0.628. The highest BCUT2D eigenvalue weighted by molar-refractivity contribution is 6.33. The lowest BCUT2D eigenvalue weighted by atomic mass is 10.1. The summed E-state index contributed by atoms with van der Waals surface area (Å²) in [6, 6.07) is 4.20. The van der Waals surface area contributed by atoms with E-state index < -0.39 is 0 Å². The van der Waals surface area contributed by atoms with Gasteiger partial charge in [-0.3, -0.25) is 5.10 Å². The number of aromatic nitrogens is 2. The molecular formula is C10H9ClFN3. The predicted molar refractivity (Wildman–Crippen MR) is 58.1 cm³/mol. The second kappa shape index (κ2) is 3.55. The van der Waals surface area contributed by atoms with Gasteiger partial charge in [0.1, 0.15) is 11.6 Å². The van der Waals surface area contributed by atoms with Gasteiger partial charge in [0.05, 0.1) is 10.7 Å². The highest BCUT2D eigenvalue weighted by Gasteiger charge is 2.11. The van der Waals surface area contributed by atoms with Gasteiger partial charge in [-0.15, -0.1) is 0 Å². The number of nitrogens with one attached hydrogen (secondary N) is 1. The normalized spacial score (nSPS) is 10.6. The Morgan fingerprint density at radius 2 is 2.20 bits per heavy atom. The third kappa shape index (κ3) is 1.68. The summed E-state index contributed by atoms with van der Waals surface area (Å²) in [5.41, 5.74) is 7.82. The van der Waals surface area contributed by atoms with Gasteiger partial charge in [0.2, 0.25) is 0 Å². The van der Waals surface area contributed by atoms with Crippen LogP contribution < -0.4 is 5.73 Å². The van der Waals surface area contributed by atoms with E-state index in [2.05, 4.69) is 10.2 Å². The van der Waals surface area contributed by atoms with Crippen LogP contribution in [0.2, 0.25) is 5.02 Å². The van der Waals surface area contributed by atoms with Crippen molar-refractivity contribution in [2.24, 2.45) is 0 Å². The highest BCUT2D eigenvalue weighted by atomic mass is 35.5. The zero-order valence-electron chi connectivity index (χ0n) is 8.01. The Labute approximate surface area is 91.1 Å². The van der Waals surface area contributed by atoms with Gasteiger partial charge in [0.25, 0.3) is 0 Å². The number of halogens is 2. The van der Waals surface area contributed by atoms with E-state index in [0.29, 0.717) is 16.4 Å². The van der Waals surface area contributed by atoms with Gasteiger partial charge in [0.15, 0.2) is 0 Å². The van der Waals surface area contributed by atoms with Gasteiger partial charge < -0.3 is 5.73 Å². The molecule has 0 aliphatic rings. The summed E-state index contributed by atoms with van der Waals surface area (Å²) in [5, 5.41) is 6.96. The quantitative estimate of drug-likeness (QED) is 0.784. The average molecular weight is 226 g/mol. The molecule has 2 aromatic rings. The number of hydrogen-bond acceptors (Lipinski definition) is 2. The lowest BCUT2D eigenvalue weighted by Crippen LogP contribution is -1.87. The van der Waals surface area contributed by atoms with Crippen LogP contribution in [0, 0.1) is 12.7 Å². The SMILES string of the molecule is Cc1c(N)n[nH]c1-c1ccc(F)cc1Cl. The molecule has 3 N–H and O–H groups in total. The van der Waals surface area contributed by atoms with Gasteiger partial charge in [-0.1, -0.05) is 11.6 Å². The molecule has 78 valence electrons. The minimum atomic E-state index is -0.367. The van der Waals surface area contributed by atoms with Crippen molar-refractivity contribution in [1.29, 1.82) is 0 Å². The molecule has 0 unspecified atom stereocenters. The highest BCUT2D eigenvalue weighted by Crippen LogP contribution is 2.30. The Hall–Kier alpha value is -1.55. The van der Waals surface area contributed by atoms with Gasteiger partial charge in [-0.05, 0) is 25.1 Å². The number of nitrogens with two attached hydrogens (primary N) is 1. The molecule has 15 heavy (non-hydrogen) atoms. The molecule has 0 spiro atoms. The van der Waals surface area contributed by atoms with E-state index in [0.717, 1.165) is 11.3 Å². The molecule has 0 aliphatic carbocycles. The molecule has 0 saturated heterocycles. The molecule has 5 heteroatoms. The first-order valence-corrected chi connectivity index (χ1v) is 4.73. The van der Waals surface area contributed by atoms with E-state index >= 15 is 0 Å². The van der Waals surface area contributed by atoms with E-state index in [4.69, 9.17) is 17.3 Å².